The predicted molar refractivity (Wildman–Crippen MR) is 106 cm³/mol. The molecule has 0 spiro atoms. The molecule has 2 rings (SSSR count). The summed E-state index contributed by atoms with van der Waals surface area (Å²) in [5.41, 5.74) is 2.38. The second-order valence-corrected chi connectivity index (χ2v) is 6.67. The molecule has 0 saturated heterocycles. The largest absolute Gasteiger partial charge is 0.496 e. The Kier molecular flexibility index (Phi) is 6.27. The Bertz CT molecular complexity index is 852. The SMILES string of the molecule is COc1c(C)cc(Br)cc1C(=O)NC(=S)Nc1cccc(C(C)=O)c1. The molecule has 130 valence electrons. The Hall–Kier alpha value is -2.25. The number of anilines is 1. The maximum absolute atomic E-state index is 12.5. The monoisotopic (exact) mass is 420 g/mol. The van der Waals surface area contributed by atoms with Crippen LogP contribution in [0, 0.1) is 6.92 Å². The molecule has 2 aromatic rings. The third-order valence-corrected chi connectivity index (χ3v) is 4.10. The van der Waals surface area contributed by atoms with Crippen LogP contribution in [0.5, 0.6) is 5.75 Å². The van der Waals surface area contributed by atoms with Crippen LogP contribution in [0.15, 0.2) is 40.9 Å². The standard InChI is InChI=1S/C18H17BrN2O3S/c1-10-7-13(19)9-15(16(10)24-3)17(23)21-18(25)20-14-6-4-5-12(8-14)11(2)22/h4-9H,1-3H3,(H2,20,21,23,25). The lowest BCUT2D eigenvalue weighted by atomic mass is 10.1. The van der Waals surface area contributed by atoms with Gasteiger partial charge in [-0.15, -0.1) is 0 Å². The number of carbonyl (C=O) groups excluding carboxylic acids is 2. The summed E-state index contributed by atoms with van der Waals surface area (Å²) in [7, 11) is 1.51. The van der Waals surface area contributed by atoms with Crippen molar-refractivity contribution < 1.29 is 14.3 Å². The summed E-state index contributed by atoms with van der Waals surface area (Å²) >= 11 is 8.56. The van der Waals surface area contributed by atoms with E-state index in [9.17, 15) is 9.59 Å². The van der Waals surface area contributed by atoms with Crippen LogP contribution >= 0.6 is 28.1 Å². The van der Waals surface area contributed by atoms with E-state index < -0.39 is 0 Å². The lowest BCUT2D eigenvalue weighted by Crippen LogP contribution is -2.34. The molecule has 0 aliphatic rings. The van der Waals surface area contributed by atoms with Gasteiger partial charge in [0.15, 0.2) is 10.9 Å². The Morgan fingerprint density at radius 1 is 1.20 bits per heavy atom. The van der Waals surface area contributed by atoms with E-state index in [1.54, 1.807) is 30.3 Å². The van der Waals surface area contributed by atoms with Crippen LogP contribution in [-0.4, -0.2) is 23.9 Å². The van der Waals surface area contributed by atoms with Crippen LogP contribution in [0.4, 0.5) is 5.69 Å². The van der Waals surface area contributed by atoms with Crippen molar-refractivity contribution in [2.45, 2.75) is 13.8 Å². The summed E-state index contributed by atoms with van der Waals surface area (Å²) in [5, 5.41) is 5.65. The zero-order valence-electron chi connectivity index (χ0n) is 14.0. The first-order valence-corrected chi connectivity index (χ1v) is 8.59. The van der Waals surface area contributed by atoms with Gasteiger partial charge in [-0.25, -0.2) is 0 Å². The molecule has 0 aliphatic heterocycles. The van der Waals surface area contributed by atoms with Gasteiger partial charge in [0.05, 0.1) is 12.7 Å². The molecular formula is C18H17BrN2O3S. The Balaban J connectivity index is 2.15. The quantitative estimate of drug-likeness (QED) is 0.575. The van der Waals surface area contributed by atoms with E-state index in [1.807, 2.05) is 13.0 Å². The number of nitrogens with one attached hydrogen (secondary N) is 2. The number of thiocarbonyl (C=S) groups is 1. The van der Waals surface area contributed by atoms with E-state index >= 15 is 0 Å². The first-order chi connectivity index (χ1) is 11.8. The number of rotatable bonds is 4. The van der Waals surface area contributed by atoms with Gasteiger partial charge in [-0.05, 0) is 55.9 Å². The molecular weight excluding hydrogens is 404 g/mol. The summed E-state index contributed by atoms with van der Waals surface area (Å²) in [4.78, 5) is 23.9. The van der Waals surface area contributed by atoms with E-state index in [2.05, 4.69) is 26.6 Å². The van der Waals surface area contributed by atoms with Crippen molar-refractivity contribution in [1.82, 2.24) is 5.32 Å². The molecule has 0 saturated carbocycles. The fourth-order valence-corrected chi connectivity index (χ4v) is 3.10. The lowest BCUT2D eigenvalue weighted by molar-refractivity contribution is 0.0972. The summed E-state index contributed by atoms with van der Waals surface area (Å²) in [6.45, 7) is 3.34. The van der Waals surface area contributed by atoms with Crippen molar-refractivity contribution in [1.29, 1.82) is 0 Å². The number of carbonyl (C=O) groups is 2. The number of benzene rings is 2. The highest BCUT2D eigenvalue weighted by molar-refractivity contribution is 9.10. The normalized spacial score (nSPS) is 10.1. The van der Waals surface area contributed by atoms with E-state index in [0.717, 1.165) is 10.0 Å². The van der Waals surface area contributed by atoms with Gasteiger partial charge in [-0.1, -0.05) is 28.1 Å². The lowest BCUT2D eigenvalue weighted by Gasteiger charge is -2.14. The average Bonchev–Trinajstić information content (AvgIpc) is 2.54. The van der Waals surface area contributed by atoms with Crippen molar-refractivity contribution >= 4 is 50.6 Å². The number of ether oxygens (including phenoxy) is 1. The van der Waals surface area contributed by atoms with Crippen LogP contribution in [0.3, 0.4) is 0 Å². The molecule has 5 nitrogen and oxygen atoms in total. The first kappa shape index (κ1) is 19.1. The van der Waals surface area contributed by atoms with Gasteiger partial charge in [-0.3, -0.25) is 14.9 Å². The first-order valence-electron chi connectivity index (χ1n) is 7.39. The minimum atomic E-state index is -0.388. The molecule has 2 aromatic carbocycles. The van der Waals surface area contributed by atoms with E-state index in [0.29, 0.717) is 22.6 Å². The zero-order valence-corrected chi connectivity index (χ0v) is 16.4. The number of Topliss-reactive ketones (excluding diaryl/α,β-unsaturated/α-hetero) is 1. The fraction of sp³-hybridized carbons (Fsp3) is 0.167. The summed E-state index contributed by atoms with van der Waals surface area (Å²) < 4.78 is 6.08. The number of halogens is 1. The molecule has 0 bridgehead atoms. The van der Waals surface area contributed by atoms with Crippen molar-refractivity contribution in [2.75, 3.05) is 12.4 Å². The van der Waals surface area contributed by atoms with E-state index in [-0.39, 0.29) is 16.8 Å². The van der Waals surface area contributed by atoms with Gasteiger partial charge < -0.3 is 10.1 Å². The molecule has 7 heteroatoms. The molecule has 1 amide bonds. The molecule has 0 aliphatic carbocycles. The predicted octanol–water partition coefficient (Wildman–Crippen LogP) is 4.10. The second-order valence-electron chi connectivity index (χ2n) is 5.35. The van der Waals surface area contributed by atoms with E-state index in [4.69, 9.17) is 17.0 Å². The summed E-state index contributed by atoms with van der Waals surface area (Å²) in [6, 6.07) is 10.4. The van der Waals surface area contributed by atoms with Gasteiger partial charge in [0.2, 0.25) is 0 Å². The highest BCUT2D eigenvalue weighted by atomic mass is 79.9. The van der Waals surface area contributed by atoms with Crippen molar-refractivity contribution in [3.8, 4) is 5.75 Å². The molecule has 0 aromatic heterocycles. The molecule has 0 fully saturated rings. The topological polar surface area (TPSA) is 67.4 Å². The number of hydrogen-bond donors (Lipinski definition) is 2. The maximum atomic E-state index is 12.5. The minimum absolute atomic E-state index is 0.0482. The molecule has 0 unspecified atom stereocenters. The Morgan fingerprint density at radius 2 is 1.92 bits per heavy atom. The van der Waals surface area contributed by atoms with Crippen LogP contribution in [0.25, 0.3) is 0 Å². The smallest absolute Gasteiger partial charge is 0.261 e. The third-order valence-electron chi connectivity index (χ3n) is 3.44. The molecule has 2 N–H and O–H groups in total. The van der Waals surface area contributed by atoms with Gasteiger partial charge >= 0.3 is 0 Å². The highest BCUT2D eigenvalue weighted by Crippen LogP contribution is 2.27. The van der Waals surface area contributed by atoms with Crippen LogP contribution in [0.1, 0.15) is 33.2 Å². The van der Waals surface area contributed by atoms with Crippen LogP contribution < -0.4 is 15.4 Å². The average molecular weight is 421 g/mol. The summed E-state index contributed by atoms with van der Waals surface area (Å²) in [5.74, 6) is 0.0523. The van der Waals surface area contributed by atoms with Gasteiger partial charge in [0, 0.05) is 15.7 Å². The molecule has 25 heavy (non-hydrogen) atoms. The van der Waals surface area contributed by atoms with E-state index in [1.165, 1.54) is 14.0 Å². The number of hydrogen-bond acceptors (Lipinski definition) is 4. The van der Waals surface area contributed by atoms with Crippen LogP contribution in [-0.2, 0) is 0 Å². The Labute approximate surface area is 159 Å². The van der Waals surface area contributed by atoms with Crippen LogP contribution in [0.2, 0.25) is 0 Å². The summed E-state index contributed by atoms with van der Waals surface area (Å²) in [6.07, 6.45) is 0. The highest BCUT2D eigenvalue weighted by Gasteiger charge is 2.16. The third kappa shape index (κ3) is 4.87. The molecule has 0 heterocycles. The van der Waals surface area contributed by atoms with Gasteiger partial charge in [0.25, 0.3) is 5.91 Å². The zero-order chi connectivity index (χ0) is 18.6. The number of aryl methyl sites for hydroxylation is 1. The van der Waals surface area contributed by atoms with Crippen molar-refractivity contribution in [3.05, 3.63) is 57.6 Å². The Morgan fingerprint density at radius 3 is 2.56 bits per heavy atom. The number of ketones is 1. The number of amides is 1. The number of methoxy groups -OCH3 is 1. The van der Waals surface area contributed by atoms with Gasteiger partial charge in [0.1, 0.15) is 5.75 Å². The molecule has 0 atom stereocenters. The van der Waals surface area contributed by atoms with Crippen molar-refractivity contribution in [3.63, 3.8) is 0 Å². The van der Waals surface area contributed by atoms with Gasteiger partial charge in [-0.2, -0.15) is 0 Å². The van der Waals surface area contributed by atoms with Crippen molar-refractivity contribution in [2.24, 2.45) is 0 Å². The minimum Gasteiger partial charge on any atom is -0.496 e. The maximum Gasteiger partial charge on any atom is 0.261 e. The second kappa shape index (κ2) is 8.22. The molecule has 0 radical (unpaired) electrons. The fourth-order valence-electron chi connectivity index (χ4n) is 2.32.